The molecule has 110 valence electrons. The van der Waals surface area contributed by atoms with Gasteiger partial charge in [0.15, 0.2) is 0 Å². The van der Waals surface area contributed by atoms with Crippen molar-refractivity contribution in [2.24, 2.45) is 11.7 Å². The van der Waals surface area contributed by atoms with Crippen LogP contribution >= 0.6 is 0 Å². The van der Waals surface area contributed by atoms with Gasteiger partial charge in [-0.15, -0.1) is 0 Å². The number of nitrogens with two attached hydrogens (primary N) is 1. The van der Waals surface area contributed by atoms with Crippen LogP contribution in [0.4, 0.5) is 0 Å². The molecular weight excluding hydrogens is 252 g/mol. The fourth-order valence-corrected chi connectivity index (χ4v) is 2.61. The first-order valence-corrected chi connectivity index (χ1v) is 7.34. The number of primary amides is 1. The van der Waals surface area contributed by atoms with Crippen LogP contribution in [0.15, 0.2) is 18.2 Å². The molecular formula is C16H24N2O2. The van der Waals surface area contributed by atoms with Crippen LogP contribution < -0.4 is 11.1 Å². The Labute approximate surface area is 120 Å². The predicted molar refractivity (Wildman–Crippen MR) is 79.6 cm³/mol. The Morgan fingerprint density at radius 3 is 3.00 bits per heavy atom. The van der Waals surface area contributed by atoms with Crippen LogP contribution in [-0.4, -0.2) is 25.6 Å². The summed E-state index contributed by atoms with van der Waals surface area (Å²) in [4.78, 5) is 11.1. The highest BCUT2D eigenvalue weighted by atomic mass is 16.5. The molecule has 1 aliphatic heterocycles. The van der Waals surface area contributed by atoms with Gasteiger partial charge in [0.05, 0.1) is 6.61 Å². The highest BCUT2D eigenvalue weighted by molar-refractivity contribution is 5.93. The molecule has 1 saturated heterocycles. The van der Waals surface area contributed by atoms with Crippen LogP contribution in [0.5, 0.6) is 0 Å². The zero-order valence-electron chi connectivity index (χ0n) is 12.2. The van der Waals surface area contributed by atoms with Gasteiger partial charge >= 0.3 is 0 Å². The van der Waals surface area contributed by atoms with Crippen LogP contribution in [0.1, 0.15) is 40.7 Å². The van der Waals surface area contributed by atoms with Gasteiger partial charge < -0.3 is 15.8 Å². The fourth-order valence-electron chi connectivity index (χ4n) is 2.61. The van der Waals surface area contributed by atoms with Gasteiger partial charge in [-0.1, -0.05) is 6.07 Å². The molecule has 20 heavy (non-hydrogen) atoms. The van der Waals surface area contributed by atoms with Crippen LogP contribution in [0.3, 0.4) is 0 Å². The summed E-state index contributed by atoms with van der Waals surface area (Å²) < 4.78 is 5.76. The molecule has 1 heterocycles. The second kappa shape index (κ2) is 7.41. The predicted octanol–water partition coefficient (Wildman–Crippen LogP) is 2.00. The van der Waals surface area contributed by atoms with E-state index in [9.17, 15) is 4.79 Å². The van der Waals surface area contributed by atoms with E-state index in [4.69, 9.17) is 10.5 Å². The monoisotopic (exact) mass is 276 g/mol. The number of piperidine rings is 1. The average Bonchev–Trinajstić information content (AvgIpc) is 2.46. The lowest BCUT2D eigenvalue weighted by Crippen LogP contribution is -2.30. The molecule has 4 nitrogen and oxygen atoms in total. The summed E-state index contributed by atoms with van der Waals surface area (Å²) in [5, 5.41) is 3.42. The van der Waals surface area contributed by atoms with E-state index in [0.29, 0.717) is 12.2 Å². The van der Waals surface area contributed by atoms with Gasteiger partial charge in [-0.2, -0.15) is 0 Å². The van der Waals surface area contributed by atoms with E-state index in [0.717, 1.165) is 43.2 Å². The van der Waals surface area contributed by atoms with E-state index in [1.165, 1.54) is 12.8 Å². The van der Waals surface area contributed by atoms with E-state index in [-0.39, 0.29) is 5.91 Å². The molecule has 1 amide bonds. The molecule has 2 rings (SSSR count). The van der Waals surface area contributed by atoms with Crippen LogP contribution in [0, 0.1) is 12.8 Å². The Bertz CT molecular complexity index is 454. The fraction of sp³-hybridized carbons (Fsp3) is 0.562. The Balaban J connectivity index is 1.74. The molecule has 1 aromatic rings. The molecule has 0 radical (unpaired) electrons. The Morgan fingerprint density at radius 2 is 2.35 bits per heavy atom. The molecule has 4 heteroatoms. The van der Waals surface area contributed by atoms with Crippen LogP contribution in [0.2, 0.25) is 0 Å². The van der Waals surface area contributed by atoms with Crippen LogP contribution in [0.25, 0.3) is 0 Å². The van der Waals surface area contributed by atoms with Crippen molar-refractivity contribution in [1.29, 1.82) is 0 Å². The number of amides is 1. The van der Waals surface area contributed by atoms with Gasteiger partial charge in [-0.25, -0.2) is 0 Å². The molecule has 3 N–H and O–H groups in total. The lowest BCUT2D eigenvalue weighted by molar-refractivity contribution is 0.0997. The number of carbonyl (C=O) groups excluding carboxylic acids is 1. The van der Waals surface area contributed by atoms with Crippen molar-refractivity contribution in [1.82, 2.24) is 5.32 Å². The first-order chi connectivity index (χ1) is 9.66. The Hall–Kier alpha value is -1.39. The zero-order valence-corrected chi connectivity index (χ0v) is 12.2. The molecule has 0 spiro atoms. The quantitative estimate of drug-likeness (QED) is 0.781. The summed E-state index contributed by atoms with van der Waals surface area (Å²) in [7, 11) is 0. The van der Waals surface area contributed by atoms with Gasteiger partial charge in [0.25, 0.3) is 0 Å². The largest absolute Gasteiger partial charge is 0.377 e. The SMILES string of the molecule is Cc1cc(C(N)=O)ccc1COCCC1CCCNC1. The maximum Gasteiger partial charge on any atom is 0.248 e. The second-order valence-electron chi connectivity index (χ2n) is 5.56. The summed E-state index contributed by atoms with van der Waals surface area (Å²) in [6.07, 6.45) is 3.70. The normalized spacial score (nSPS) is 18.9. The van der Waals surface area contributed by atoms with Crippen molar-refractivity contribution >= 4 is 5.91 Å². The third-order valence-electron chi connectivity index (χ3n) is 3.95. The standard InChI is InChI=1S/C16H24N2O2/c1-12-9-14(16(17)19)4-5-15(12)11-20-8-6-13-3-2-7-18-10-13/h4-5,9,13,18H,2-3,6-8,10-11H2,1H3,(H2,17,19). The smallest absolute Gasteiger partial charge is 0.248 e. The minimum Gasteiger partial charge on any atom is -0.377 e. The number of carbonyl (C=O) groups is 1. The van der Waals surface area contributed by atoms with Gasteiger partial charge in [0.2, 0.25) is 5.91 Å². The first kappa shape index (κ1) is 15.0. The average molecular weight is 276 g/mol. The summed E-state index contributed by atoms with van der Waals surface area (Å²) in [6, 6.07) is 5.52. The van der Waals surface area contributed by atoms with Gasteiger partial charge in [-0.05, 0) is 68.5 Å². The van der Waals surface area contributed by atoms with Crippen molar-refractivity contribution < 1.29 is 9.53 Å². The number of nitrogens with one attached hydrogen (secondary N) is 1. The number of aryl methyl sites for hydroxylation is 1. The third-order valence-corrected chi connectivity index (χ3v) is 3.95. The van der Waals surface area contributed by atoms with Crippen molar-refractivity contribution in [2.75, 3.05) is 19.7 Å². The van der Waals surface area contributed by atoms with Crippen molar-refractivity contribution in [3.05, 3.63) is 34.9 Å². The van der Waals surface area contributed by atoms with Crippen molar-refractivity contribution in [2.45, 2.75) is 32.8 Å². The second-order valence-corrected chi connectivity index (χ2v) is 5.56. The number of rotatable bonds is 6. The molecule has 0 aromatic heterocycles. The molecule has 0 aliphatic carbocycles. The van der Waals surface area contributed by atoms with E-state index in [1.54, 1.807) is 6.07 Å². The lowest BCUT2D eigenvalue weighted by atomic mass is 9.97. The Morgan fingerprint density at radius 1 is 1.50 bits per heavy atom. The topological polar surface area (TPSA) is 64.4 Å². The number of ether oxygens (including phenoxy) is 1. The van der Waals surface area contributed by atoms with Crippen molar-refractivity contribution in [3.63, 3.8) is 0 Å². The summed E-state index contributed by atoms with van der Waals surface area (Å²) >= 11 is 0. The minimum atomic E-state index is -0.384. The van der Waals surface area contributed by atoms with Crippen LogP contribution in [-0.2, 0) is 11.3 Å². The number of hydrogen-bond acceptors (Lipinski definition) is 3. The maximum absolute atomic E-state index is 11.1. The number of hydrogen-bond donors (Lipinski definition) is 2. The van der Waals surface area contributed by atoms with E-state index in [1.807, 2.05) is 19.1 Å². The van der Waals surface area contributed by atoms with Gasteiger partial charge in [0, 0.05) is 12.2 Å². The maximum atomic E-state index is 11.1. The zero-order chi connectivity index (χ0) is 14.4. The van der Waals surface area contributed by atoms with E-state index >= 15 is 0 Å². The summed E-state index contributed by atoms with van der Waals surface area (Å²) in [5.41, 5.74) is 7.99. The van der Waals surface area contributed by atoms with Gasteiger partial charge in [-0.3, -0.25) is 4.79 Å². The molecule has 1 atom stereocenters. The number of benzene rings is 1. The van der Waals surface area contributed by atoms with E-state index in [2.05, 4.69) is 5.32 Å². The highest BCUT2D eigenvalue weighted by Crippen LogP contribution is 2.15. The minimum absolute atomic E-state index is 0.384. The van der Waals surface area contributed by atoms with Gasteiger partial charge in [0.1, 0.15) is 0 Å². The first-order valence-electron chi connectivity index (χ1n) is 7.34. The molecule has 1 fully saturated rings. The molecule has 0 saturated carbocycles. The molecule has 1 unspecified atom stereocenters. The molecule has 0 bridgehead atoms. The summed E-state index contributed by atoms with van der Waals surface area (Å²) in [5.74, 6) is 0.368. The highest BCUT2D eigenvalue weighted by Gasteiger charge is 2.12. The summed E-state index contributed by atoms with van der Waals surface area (Å²) in [6.45, 7) is 5.66. The molecule has 1 aliphatic rings. The van der Waals surface area contributed by atoms with Crippen molar-refractivity contribution in [3.8, 4) is 0 Å². The Kier molecular flexibility index (Phi) is 5.56. The third kappa shape index (κ3) is 4.32. The lowest BCUT2D eigenvalue weighted by Gasteiger charge is -2.22. The molecule has 1 aromatic carbocycles. The van der Waals surface area contributed by atoms with E-state index < -0.39 is 0 Å².